The minimum Gasteiger partial charge on any atom is -0.199 e. The van der Waals surface area contributed by atoms with E-state index in [9.17, 15) is 8.42 Å². The van der Waals surface area contributed by atoms with Crippen LogP contribution in [0.2, 0.25) is 0 Å². The predicted molar refractivity (Wildman–Crippen MR) is 50.4 cm³/mol. The Bertz CT molecular complexity index is 298. The molecule has 0 spiro atoms. The quantitative estimate of drug-likeness (QED) is 0.720. The molecular weight excluding hydrogens is 188 g/mol. The molecule has 2 fully saturated rings. The Morgan fingerprint density at radius 1 is 1.31 bits per heavy atom. The van der Waals surface area contributed by atoms with Crippen molar-refractivity contribution in [1.82, 2.24) is 9.03 Å². The molecule has 76 valence electrons. The van der Waals surface area contributed by atoms with Gasteiger partial charge in [0.25, 0.3) is 10.2 Å². The van der Waals surface area contributed by atoms with Gasteiger partial charge in [-0.3, -0.25) is 0 Å². The lowest BCUT2D eigenvalue weighted by molar-refractivity contribution is 0.109. The number of hydrogen-bond acceptors (Lipinski definition) is 2. The van der Waals surface area contributed by atoms with E-state index in [4.69, 9.17) is 0 Å². The topological polar surface area (TPSA) is 49.4 Å². The fourth-order valence-electron chi connectivity index (χ4n) is 1.56. The third kappa shape index (κ3) is 2.03. The first-order valence-corrected chi connectivity index (χ1v) is 6.10. The van der Waals surface area contributed by atoms with Gasteiger partial charge in [0, 0.05) is 19.1 Å². The maximum absolute atomic E-state index is 11.6. The van der Waals surface area contributed by atoms with Crippen molar-refractivity contribution in [2.75, 3.05) is 13.1 Å². The highest BCUT2D eigenvalue weighted by Crippen LogP contribution is 2.31. The van der Waals surface area contributed by atoms with E-state index in [1.54, 1.807) is 0 Å². The fraction of sp³-hybridized carbons (Fsp3) is 1.00. The van der Waals surface area contributed by atoms with Crippen LogP contribution >= 0.6 is 0 Å². The Labute approximate surface area is 79.5 Å². The van der Waals surface area contributed by atoms with Crippen LogP contribution in [-0.4, -0.2) is 31.9 Å². The molecule has 1 saturated heterocycles. The molecule has 5 heteroatoms. The molecule has 0 unspecified atom stereocenters. The summed E-state index contributed by atoms with van der Waals surface area (Å²) in [7, 11) is -3.15. The molecule has 0 atom stereocenters. The first-order valence-electron chi connectivity index (χ1n) is 4.66. The Kier molecular flexibility index (Phi) is 1.94. The highest BCUT2D eigenvalue weighted by Gasteiger charge is 2.42. The molecule has 1 heterocycles. The summed E-state index contributed by atoms with van der Waals surface area (Å²) >= 11 is 0. The molecule has 13 heavy (non-hydrogen) atoms. The smallest absolute Gasteiger partial charge is 0.199 e. The third-order valence-electron chi connectivity index (χ3n) is 2.44. The van der Waals surface area contributed by atoms with E-state index >= 15 is 0 Å². The van der Waals surface area contributed by atoms with Crippen molar-refractivity contribution in [1.29, 1.82) is 0 Å². The minimum atomic E-state index is -3.15. The van der Waals surface area contributed by atoms with Gasteiger partial charge in [-0.2, -0.15) is 17.4 Å². The predicted octanol–water partition coefficient (Wildman–Crippen LogP) is 0.325. The molecule has 1 N–H and O–H groups in total. The lowest BCUT2D eigenvalue weighted by Crippen LogP contribution is -2.58. The molecule has 1 saturated carbocycles. The zero-order valence-corrected chi connectivity index (χ0v) is 8.89. The third-order valence-corrected chi connectivity index (χ3v) is 4.01. The Hall–Kier alpha value is -0.130. The van der Waals surface area contributed by atoms with Gasteiger partial charge >= 0.3 is 0 Å². The van der Waals surface area contributed by atoms with Gasteiger partial charge in [0.05, 0.1) is 0 Å². The largest absolute Gasteiger partial charge is 0.279 e. The molecule has 0 bridgehead atoms. The van der Waals surface area contributed by atoms with E-state index in [2.05, 4.69) is 18.6 Å². The van der Waals surface area contributed by atoms with Crippen molar-refractivity contribution in [3.05, 3.63) is 0 Å². The molecule has 2 aliphatic rings. The second-order valence-electron chi connectivity index (χ2n) is 4.83. The van der Waals surface area contributed by atoms with Gasteiger partial charge in [-0.05, 0) is 18.3 Å². The van der Waals surface area contributed by atoms with Gasteiger partial charge in [-0.1, -0.05) is 13.8 Å². The number of hydrogen-bond donors (Lipinski definition) is 1. The van der Waals surface area contributed by atoms with Crippen molar-refractivity contribution in [3.63, 3.8) is 0 Å². The normalized spacial score (nSPS) is 28.5. The molecule has 0 aromatic rings. The van der Waals surface area contributed by atoms with Gasteiger partial charge in [0.15, 0.2) is 0 Å². The summed E-state index contributed by atoms with van der Waals surface area (Å²) < 4.78 is 27.3. The van der Waals surface area contributed by atoms with Gasteiger partial charge in [-0.15, -0.1) is 0 Å². The zero-order valence-electron chi connectivity index (χ0n) is 8.08. The van der Waals surface area contributed by atoms with Crippen LogP contribution in [0.1, 0.15) is 26.7 Å². The van der Waals surface area contributed by atoms with E-state index < -0.39 is 10.2 Å². The van der Waals surface area contributed by atoms with Crippen LogP contribution in [-0.2, 0) is 10.2 Å². The standard InChI is InChI=1S/C8H16N2O2S/c1-8(2)5-10(6-8)13(11,12)9-7-3-4-7/h7,9H,3-6H2,1-2H3. The first kappa shape index (κ1) is 9.43. The molecule has 0 aromatic heterocycles. The molecule has 1 aliphatic carbocycles. The van der Waals surface area contributed by atoms with Crippen molar-refractivity contribution in [2.45, 2.75) is 32.7 Å². The Balaban J connectivity index is 1.93. The summed E-state index contributed by atoms with van der Waals surface area (Å²) in [5.41, 5.74) is 0.165. The number of rotatable bonds is 3. The number of nitrogens with one attached hydrogen (secondary N) is 1. The van der Waals surface area contributed by atoms with Gasteiger partial charge in [0.2, 0.25) is 0 Å². The average Bonchev–Trinajstić information content (AvgIpc) is 2.65. The van der Waals surface area contributed by atoms with Crippen molar-refractivity contribution >= 4 is 10.2 Å². The molecular formula is C8H16N2O2S. The molecule has 1 aliphatic heterocycles. The van der Waals surface area contributed by atoms with E-state index in [1.165, 1.54) is 4.31 Å². The van der Waals surface area contributed by atoms with E-state index in [0.717, 1.165) is 12.8 Å². The van der Waals surface area contributed by atoms with Crippen molar-refractivity contribution in [3.8, 4) is 0 Å². The summed E-state index contributed by atoms with van der Waals surface area (Å²) in [5.74, 6) is 0. The molecule has 4 nitrogen and oxygen atoms in total. The second kappa shape index (κ2) is 2.68. The summed E-state index contributed by atoms with van der Waals surface area (Å²) in [4.78, 5) is 0. The lowest BCUT2D eigenvalue weighted by Gasteiger charge is -2.44. The van der Waals surface area contributed by atoms with Crippen LogP contribution in [0.4, 0.5) is 0 Å². The van der Waals surface area contributed by atoms with E-state index in [0.29, 0.717) is 13.1 Å². The maximum atomic E-state index is 11.6. The van der Waals surface area contributed by atoms with E-state index in [1.807, 2.05) is 0 Å². The second-order valence-corrected chi connectivity index (χ2v) is 6.53. The highest BCUT2D eigenvalue weighted by molar-refractivity contribution is 7.87. The van der Waals surface area contributed by atoms with Crippen LogP contribution in [0.5, 0.6) is 0 Å². The van der Waals surface area contributed by atoms with Crippen LogP contribution < -0.4 is 4.72 Å². The molecule has 0 amide bonds. The van der Waals surface area contributed by atoms with Crippen molar-refractivity contribution in [2.24, 2.45) is 5.41 Å². The summed E-state index contributed by atoms with van der Waals surface area (Å²) in [5, 5.41) is 0. The summed E-state index contributed by atoms with van der Waals surface area (Å²) in [6.07, 6.45) is 1.99. The Morgan fingerprint density at radius 2 is 1.85 bits per heavy atom. The van der Waals surface area contributed by atoms with Crippen LogP contribution in [0, 0.1) is 5.41 Å². The minimum absolute atomic E-state index is 0.165. The lowest BCUT2D eigenvalue weighted by atomic mass is 9.87. The van der Waals surface area contributed by atoms with Gasteiger partial charge < -0.3 is 0 Å². The SMILES string of the molecule is CC1(C)CN(S(=O)(=O)NC2CC2)C1. The maximum Gasteiger partial charge on any atom is 0.279 e. The monoisotopic (exact) mass is 204 g/mol. The number of nitrogens with zero attached hydrogens (tertiary/aromatic N) is 1. The molecule has 0 aromatic carbocycles. The molecule has 0 radical (unpaired) electrons. The van der Waals surface area contributed by atoms with Crippen LogP contribution in [0.3, 0.4) is 0 Å². The zero-order chi connectivity index (χ0) is 9.69. The van der Waals surface area contributed by atoms with Gasteiger partial charge in [0.1, 0.15) is 0 Å². The average molecular weight is 204 g/mol. The summed E-state index contributed by atoms with van der Waals surface area (Å²) in [6, 6.07) is 0.216. The van der Waals surface area contributed by atoms with Crippen molar-refractivity contribution < 1.29 is 8.42 Å². The summed E-state index contributed by atoms with van der Waals surface area (Å²) in [6.45, 7) is 5.45. The van der Waals surface area contributed by atoms with Crippen LogP contribution in [0.25, 0.3) is 0 Å². The van der Waals surface area contributed by atoms with E-state index in [-0.39, 0.29) is 11.5 Å². The van der Waals surface area contributed by atoms with Crippen LogP contribution in [0.15, 0.2) is 0 Å². The first-order chi connectivity index (χ1) is 5.89. The van der Waals surface area contributed by atoms with Gasteiger partial charge in [-0.25, -0.2) is 0 Å². The Morgan fingerprint density at radius 3 is 2.23 bits per heavy atom. The fourth-order valence-corrected chi connectivity index (χ4v) is 3.41. The highest BCUT2D eigenvalue weighted by atomic mass is 32.2. The molecule has 2 rings (SSSR count).